The number of halogens is 2. The fourth-order valence-electron chi connectivity index (χ4n) is 1.18. The van der Waals surface area contributed by atoms with Gasteiger partial charge in [-0.25, -0.2) is 9.78 Å². The van der Waals surface area contributed by atoms with Crippen molar-refractivity contribution in [3.63, 3.8) is 0 Å². The molecule has 1 rings (SSSR count). The van der Waals surface area contributed by atoms with Crippen LogP contribution in [0.2, 0.25) is 5.02 Å². The Kier molecular flexibility index (Phi) is 4.56. The molecule has 0 aromatic carbocycles. The first kappa shape index (κ1) is 13.3. The molecule has 2 N–H and O–H groups in total. The van der Waals surface area contributed by atoms with Gasteiger partial charge in [0.15, 0.2) is 0 Å². The van der Waals surface area contributed by atoms with Gasteiger partial charge in [-0.2, -0.15) is 0 Å². The topological polar surface area (TPSA) is 62.2 Å². The minimum atomic E-state index is -0.904. The quantitative estimate of drug-likeness (QED) is 0.897. The highest BCUT2D eigenvalue weighted by molar-refractivity contribution is 9.10. The van der Waals surface area contributed by atoms with Crippen LogP contribution in [0.1, 0.15) is 13.8 Å². The second kappa shape index (κ2) is 5.50. The highest BCUT2D eigenvalue weighted by atomic mass is 79.9. The number of carboxylic acid groups (broad SMARTS) is 1. The molecular weight excluding hydrogens is 295 g/mol. The Morgan fingerprint density at radius 2 is 2.25 bits per heavy atom. The summed E-state index contributed by atoms with van der Waals surface area (Å²) in [6.07, 6.45) is 1.47. The fraction of sp³-hybridized carbons (Fsp3) is 0.400. The molecule has 0 aliphatic heterocycles. The van der Waals surface area contributed by atoms with Gasteiger partial charge in [-0.15, -0.1) is 0 Å². The average molecular weight is 308 g/mol. The molecular formula is C10H12BrClN2O2. The van der Waals surface area contributed by atoms with Crippen molar-refractivity contribution >= 4 is 39.3 Å². The Morgan fingerprint density at radius 1 is 1.62 bits per heavy atom. The number of carbonyl (C=O) groups is 1. The molecule has 1 atom stereocenters. The van der Waals surface area contributed by atoms with Crippen LogP contribution in [-0.4, -0.2) is 22.1 Å². The van der Waals surface area contributed by atoms with Crippen molar-refractivity contribution in [2.24, 2.45) is 5.92 Å². The zero-order valence-corrected chi connectivity index (χ0v) is 11.2. The third-order valence-electron chi connectivity index (χ3n) is 2.03. The van der Waals surface area contributed by atoms with Crippen molar-refractivity contribution in [2.45, 2.75) is 19.9 Å². The van der Waals surface area contributed by atoms with Crippen LogP contribution in [-0.2, 0) is 4.79 Å². The van der Waals surface area contributed by atoms with E-state index in [1.54, 1.807) is 6.07 Å². The molecule has 0 fully saturated rings. The number of hydrogen-bond acceptors (Lipinski definition) is 3. The number of aliphatic carboxylic acids is 1. The second-order valence-corrected chi connectivity index (χ2v) is 4.98. The number of rotatable bonds is 4. The smallest absolute Gasteiger partial charge is 0.326 e. The van der Waals surface area contributed by atoms with Crippen LogP contribution in [0.3, 0.4) is 0 Å². The number of pyridine rings is 1. The highest BCUT2D eigenvalue weighted by Crippen LogP contribution is 2.24. The molecule has 0 saturated carbocycles. The van der Waals surface area contributed by atoms with Crippen molar-refractivity contribution in [1.29, 1.82) is 0 Å². The normalized spacial score (nSPS) is 12.6. The van der Waals surface area contributed by atoms with Gasteiger partial charge in [0, 0.05) is 6.20 Å². The molecule has 6 heteroatoms. The Labute approximate surface area is 107 Å². The maximum atomic E-state index is 11.0. The van der Waals surface area contributed by atoms with Crippen LogP contribution < -0.4 is 5.32 Å². The molecule has 16 heavy (non-hydrogen) atoms. The van der Waals surface area contributed by atoms with Gasteiger partial charge in [-0.05, 0) is 27.9 Å². The number of carboxylic acids is 1. The second-order valence-electron chi connectivity index (χ2n) is 3.69. The van der Waals surface area contributed by atoms with E-state index in [0.717, 1.165) is 0 Å². The van der Waals surface area contributed by atoms with E-state index in [1.807, 2.05) is 13.8 Å². The minimum Gasteiger partial charge on any atom is -0.480 e. The lowest BCUT2D eigenvalue weighted by Gasteiger charge is -2.19. The van der Waals surface area contributed by atoms with Crippen molar-refractivity contribution in [3.05, 3.63) is 21.8 Å². The third kappa shape index (κ3) is 3.35. The molecule has 0 amide bonds. The number of aromatic nitrogens is 1. The lowest BCUT2D eigenvalue weighted by atomic mass is 10.1. The zero-order chi connectivity index (χ0) is 12.3. The van der Waals surface area contributed by atoms with Crippen LogP contribution in [0.15, 0.2) is 16.7 Å². The van der Waals surface area contributed by atoms with E-state index in [2.05, 4.69) is 26.2 Å². The van der Waals surface area contributed by atoms with Gasteiger partial charge >= 0.3 is 5.97 Å². The van der Waals surface area contributed by atoms with Crippen LogP contribution in [0, 0.1) is 5.92 Å². The summed E-state index contributed by atoms with van der Waals surface area (Å²) in [4.78, 5) is 15.0. The molecule has 1 heterocycles. The molecule has 0 radical (unpaired) electrons. The van der Waals surface area contributed by atoms with E-state index in [4.69, 9.17) is 16.7 Å². The van der Waals surface area contributed by atoms with Gasteiger partial charge < -0.3 is 10.4 Å². The van der Waals surface area contributed by atoms with Crippen molar-refractivity contribution in [2.75, 3.05) is 5.32 Å². The summed E-state index contributed by atoms with van der Waals surface area (Å²) in [5.74, 6) is -0.467. The van der Waals surface area contributed by atoms with Crippen molar-refractivity contribution < 1.29 is 9.90 Å². The monoisotopic (exact) mass is 306 g/mol. The van der Waals surface area contributed by atoms with Gasteiger partial charge in [0.2, 0.25) is 0 Å². The van der Waals surface area contributed by atoms with Gasteiger partial charge in [0.25, 0.3) is 0 Å². The summed E-state index contributed by atoms with van der Waals surface area (Å²) in [6, 6.07) is 0.987. The van der Waals surface area contributed by atoms with Crippen molar-refractivity contribution in [3.8, 4) is 0 Å². The maximum absolute atomic E-state index is 11.0. The molecule has 0 aliphatic rings. The summed E-state index contributed by atoms with van der Waals surface area (Å²) in [5, 5.41) is 12.4. The Bertz CT molecular complexity index is 398. The molecule has 0 spiro atoms. The molecule has 0 aliphatic carbocycles. The van der Waals surface area contributed by atoms with Crippen LogP contribution in [0.5, 0.6) is 0 Å². The summed E-state index contributed by atoms with van der Waals surface area (Å²) < 4.78 is 0.645. The SMILES string of the molecule is CC(C)[C@H](Nc1ncc(Cl)cc1Br)C(=O)O. The summed E-state index contributed by atoms with van der Waals surface area (Å²) in [5.41, 5.74) is 0. The Morgan fingerprint density at radius 3 is 2.69 bits per heavy atom. The highest BCUT2D eigenvalue weighted by Gasteiger charge is 2.22. The number of nitrogens with one attached hydrogen (secondary N) is 1. The summed E-state index contributed by atoms with van der Waals surface area (Å²) >= 11 is 9.01. The van der Waals surface area contributed by atoms with E-state index in [9.17, 15) is 4.79 Å². The first-order chi connectivity index (χ1) is 7.41. The van der Waals surface area contributed by atoms with Crippen LogP contribution >= 0.6 is 27.5 Å². The predicted molar refractivity (Wildman–Crippen MR) is 66.8 cm³/mol. The summed E-state index contributed by atoms with van der Waals surface area (Å²) in [6.45, 7) is 3.66. The molecule has 1 aromatic rings. The van der Waals surface area contributed by atoms with Crippen LogP contribution in [0.25, 0.3) is 0 Å². The number of nitrogens with zero attached hydrogens (tertiary/aromatic N) is 1. The minimum absolute atomic E-state index is 0.0399. The number of anilines is 1. The fourth-order valence-corrected chi connectivity index (χ4v) is 1.93. The molecule has 88 valence electrons. The molecule has 0 bridgehead atoms. The summed E-state index contributed by atoms with van der Waals surface area (Å²) in [7, 11) is 0. The largest absolute Gasteiger partial charge is 0.480 e. The van der Waals surface area contributed by atoms with Crippen LogP contribution in [0.4, 0.5) is 5.82 Å². The van der Waals surface area contributed by atoms with Gasteiger partial charge in [0.05, 0.1) is 9.50 Å². The number of hydrogen-bond donors (Lipinski definition) is 2. The van der Waals surface area contributed by atoms with Crippen molar-refractivity contribution in [1.82, 2.24) is 4.98 Å². The predicted octanol–water partition coefficient (Wildman–Crippen LogP) is 3.02. The van der Waals surface area contributed by atoms with E-state index in [-0.39, 0.29) is 5.92 Å². The van der Waals surface area contributed by atoms with Gasteiger partial charge in [0.1, 0.15) is 11.9 Å². The molecule has 1 aromatic heterocycles. The maximum Gasteiger partial charge on any atom is 0.326 e. The third-order valence-corrected chi connectivity index (χ3v) is 2.84. The van der Waals surface area contributed by atoms with E-state index < -0.39 is 12.0 Å². The Hall–Kier alpha value is -0.810. The lowest BCUT2D eigenvalue weighted by molar-refractivity contribution is -0.138. The molecule has 0 unspecified atom stereocenters. The van der Waals surface area contributed by atoms with E-state index in [1.165, 1.54) is 6.20 Å². The first-order valence-electron chi connectivity index (χ1n) is 4.72. The standard InChI is InChI=1S/C10H12BrClN2O2/c1-5(2)8(10(15)16)14-9-7(11)3-6(12)4-13-9/h3-5,8H,1-2H3,(H,13,14)(H,15,16)/t8-/m0/s1. The van der Waals surface area contributed by atoms with E-state index >= 15 is 0 Å². The van der Waals surface area contributed by atoms with Gasteiger partial charge in [-0.3, -0.25) is 0 Å². The average Bonchev–Trinajstić information content (AvgIpc) is 2.15. The molecule has 4 nitrogen and oxygen atoms in total. The molecule has 0 saturated heterocycles. The zero-order valence-electron chi connectivity index (χ0n) is 8.87. The van der Waals surface area contributed by atoms with Gasteiger partial charge in [-0.1, -0.05) is 25.4 Å². The van der Waals surface area contributed by atoms with E-state index in [0.29, 0.717) is 15.3 Å². The Balaban J connectivity index is 2.90. The first-order valence-corrected chi connectivity index (χ1v) is 5.89. The lowest BCUT2D eigenvalue weighted by Crippen LogP contribution is -2.34.